The number of carbonyl (C=O) groups is 1. The number of carbonyl (C=O) groups excluding carboxylic acids is 1. The van der Waals surface area contributed by atoms with Crippen LogP contribution in [0.25, 0.3) is 11.1 Å². The summed E-state index contributed by atoms with van der Waals surface area (Å²) < 4.78 is 45.5. The van der Waals surface area contributed by atoms with E-state index in [4.69, 9.17) is 0 Å². The van der Waals surface area contributed by atoms with Crippen molar-refractivity contribution in [3.8, 4) is 22.6 Å². The molecular weight excluding hydrogens is 600 g/mol. The topological polar surface area (TPSA) is 26.8 Å². The summed E-state index contributed by atoms with van der Waals surface area (Å²) in [6.45, 7) is 17.1. The summed E-state index contributed by atoms with van der Waals surface area (Å²) in [5.74, 6) is 1.26. The normalized spacial score (nSPS) is 16.3. The Bertz CT molecular complexity index is 1610. The maximum atomic E-state index is 15.7. The van der Waals surface area contributed by atoms with Gasteiger partial charge in [-0.2, -0.15) is 0 Å². The fraction of sp³-hybridized carbons (Fsp3) is 0.447. The van der Waals surface area contributed by atoms with Crippen LogP contribution in [0.5, 0.6) is 0 Å². The lowest BCUT2D eigenvalue weighted by Gasteiger charge is -2.38. The molecule has 0 N–H and O–H groups in total. The molecule has 0 spiro atoms. The number of piperazine rings is 1. The van der Waals surface area contributed by atoms with Crippen LogP contribution in [0.1, 0.15) is 75.5 Å². The van der Waals surface area contributed by atoms with Gasteiger partial charge in [-0.05, 0) is 77.3 Å². The summed E-state index contributed by atoms with van der Waals surface area (Å²) in [5.41, 5.74) is 7.94. The first-order chi connectivity index (χ1) is 21.8. The number of nitrogens with zero attached hydrogens (tertiary/aromatic N) is 3. The summed E-state index contributed by atoms with van der Waals surface area (Å²) in [5, 5.41) is 0. The third-order valence-electron chi connectivity index (χ3n) is 10.2. The first-order valence-electron chi connectivity index (χ1n) is 16.5. The van der Waals surface area contributed by atoms with Gasteiger partial charge in [0.1, 0.15) is 25.5 Å². The number of likely N-dealkylation sites (N-methyl/N-ethyl adjacent to an activating group) is 1. The molecule has 4 nitrogen and oxygen atoms in total. The molecule has 244 valence electrons. The van der Waals surface area contributed by atoms with Crippen LogP contribution in [0, 0.1) is 28.9 Å². The lowest BCUT2D eigenvalue weighted by Crippen LogP contribution is -2.44. The quantitative estimate of drug-likeness (QED) is 0.181. The van der Waals surface area contributed by atoms with Crippen LogP contribution in [-0.2, 0) is 6.54 Å². The van der Waals surface area contributed by atoms with Crippen molar-refractivity contribution in [3.05, 3.63) is 88.7 Å². The molecule has 0 saturated carbocycles. The average molecular weight is 646 g/mol. The predicted molar refractivity (Wildman–Crippen MR) is 184 cm³/mol. The van der Waals surface area contributed by atoms with Crippen LogP contribution >= 0.6 is 0 Å². The van der Waals surface area contributed by atoms with Gasteiger partial charge in [0.25, 0.3) is 5.91 Å². The van der Waals surface area contributed by atoms with Gasteiger partial charge in [0.2, 0.25) is 0 Å². The second-order valence-corrected chi connectivity index (χ2v) is 19.4. The number of hydrogen-bond acceptors (Lipinski definition) is 3. The number of anilines is 1. The molecule has 2 aliphatic heterocycles. The molecule has 1 fully saturated rings. The van der Waals surface area contributed by atoms with Gasteiger partial charge >= 0.3 is 0 Å². The minimum atomic E-state index is -2.11. The summed E-state index contributed by atoms with van der Waals surface area (Å²) in [4.78, 5) is 20.1. The van der Waals surface area contributed by atoms with E-state index in [-0.39, 0.29) is 29.7 Å². The zero-order chi connectivity index (χ0) is 33.3. The monoisotopic (exact) mass is 645 g/mol. The second-order valence-electron chi connectivity index (χ2n) is 13.8. The molecule has 0 aliphatic carbocycles. The smallest absolute Gasteiger partial charge is 0.255 e. The van der Waals surface area contributed by atoms with Gasteiger partial charge in [0, 0.05) is 55.0 Å². The van der Waals surface area contributed by atoms with Gasteiger partial charge in [-0.1, -0.05) is 53.7 Å². The zero-order valence-corrected chi connectivity index (χ0v) is 29.1. The number of benzene rings is 3. The van der Waals surface area contributed by atoms with Crippen LogP contribution in [0.4, 0.5) is 18.9 Å². The Labute approximate surface area is 273 Å². The van der Waals surface area contributed by atoms with Crippen LogP contribution < -0.4 is 4.90 Å². The third kappa shape index (κ3) is 6.50. The predicted octanol–water partition coefficient (Wildman–Crippen LogP) is 8.83. The highest BCUT2D eigenvalue weighted by molar-refractivity contribution is 6.90. The Balaban J connectivity index is 1.47. The van der Waals surface area contributed by atoms with E-state index in [1.807, 2.05) is 24.3 Å². The fourth-order valence-electron chi connectivity index (χ4n) is 7.62. The van der Waals surface area contributed by atoms with E-state index in [0.29, 0.717) is 22.2 Å². The second kappa shape index (κ2) is 13.7. The zero-order valence-electron chi connectivity index (χ0n) is 28.1. The molecule has 0 bridgehead atoms. The van der Waals surface area contributed by atoms with Gasteiger partial charge in [0.15, 0.2) is 0 Å². The van der Waals surface area contributed by atoms with E-state index in [1.165, 1.54) is 11.0 Å². The lowest BCUT2D eigenvalue weighted by atomic mass is 9.99. The molecule has 5 rings (SSSR count). The number of rotatable bonds is 8. The van der Waals surface area contributed by atoms with Crippen molar-refractivity contribution in [2.24, 2.45) is 0 Å². The fourth-order valence-corrected chi connectivity index (χ4v) is 12.9. The first kappa shape index (κ1) is 33.8. The van der Waals surface area contributed by atoms with E-state index < -0.39 is 37.5 Å². The van der Waals surface area contributed by atoms with Crippen molar-refractivity contribution >= 4 is 19.7 Å². The minimum Gasteiger partial charge on any atom is -0.369 e. The summed E-state index contributed by atoms with van der Waals surface area (Å²) in [7, 11) is 0.00919. The summed E-state index contributed by atoms with van der Waals surface area (Å²) >= 11 is 0. The van der Waals surface area contributed by atoms with E-state index >= 15 is 8.78 Å². The maximum Gasteiger partial charge on any atom is 0.255 e. The lowest BCUT2D eigenvalue weighted by molar-refractivity contribution is 0.0700. The number of hydrogen-bond donors (Lipinski definition) is 0. The molecule has 46 heavy (non-hydrogen) atoms. The standard InChI is InChI=1S/C38H46F3N3OSi/c1-25(2)46(26(3)4,27(5)6)20-8-9-37(33-23-30(39)12-15-35(33)40)44-24-34-32(38(44)45)21-29(22-36(34)41)28-10-13-31(14-11-28)43-18-16-42(7)17-19-43/h10-15,21-23,25-27,37H,9,16-19,24H2,1-7H3. The van der Waals surface area contributed by atoms with Crippen LogP contribution in [0.2, 0.25) is 16.6 Å². The van der Waals surface area contributed by atoms with Gasteiger partial charge in [-0.15, -0.1) is 11.5 Å². The van der Waals surface area contributed by atoms with Crippen LogP contribution in [0.15, 0.2) is 54.6 Å². The average Bonchev–Trinajstić information content (AvgIpc) is 3.35. The molecule has 2 aliphatic rings. The Morgan fingerprint density at radius 1 is 0.783 bits per heavy atom. The van der Waals surface area contributed by atoms with Gasteiger partial charge in [0.05, 0.1) is 12.6 Å². The molecule has 1 amide bonds. The first-order valence-corrected chi connectivity index (χ1v) is 18.7. The molecular formula is C38H46F3N3OSi. The third-order valence-corrected chi connectivity index (χ3v) is 16.6. The largest absolute Gasteiger partial charge is 0.369 e. The van der Waals surface area contributed by atoms with Crippen molar-refractivity contribution in [1.82, 2.24) is 9.80 Å². The number of halogens is 3. The van der Waals surface area contributed by atoms with Gasteiger partial charge < -0.3 is 14.7 Å². The molecule has 1 atom stereocenters. The molecule has 0 radical (unpaired) electrons. The molecule has 3 aromatic rings. The number of amides is 1. The van der Waals surface area contributed by atoms with E-state index in [9.17, 15) is 9.18 Å². The Morgan fingerprint density at radius 2 is 1.41 bits per heavy atom. The Hall–Kier alpha value is -3.54. The van der Waals surface area contributed by atoms with Gasteiger partial charge in [-0.3, -0.25) is 4.79 Å². The van der Waals surface area contributed by atoms with Crippen LogP contribution in [-0.4, -0.2) is 57.0 Å². The van der Waals surface area contributed by atoms with Crippen molar-refractivity contribution in [3.63, 3.8) is 0 Å². The Kier molecular flexibility index (Phi) is 10.0. The van der Waals surface area contributed by atoms with Crippen molar-refractivity contribution < 1.29 is 18.0 Å². The van der Waals surface area contributed by atoms with Gasteiger partial charge in [-0.25, -0.2) is 13.2 Å². The summed E-state index contributed by atoms with van der Waals surface area (Å²) in [6, 6.07) is 13.6. The van der Waals surface area contributed by atoms with E-state index in [2.05, 4.69) is 69.9 Å². The highest BCUT2D eigenvalue weighted by Gasteiger charge is 2.42. The molecule has 1 saturated heterocycles. The highest BCUT2D eigenvalue weighted by Crippen LogP contribution is 2.42. The highest BCUT2D eigenvalue weighted by atomic mass is 28.3. The molecule has 2 heterocycles. The van der Waals surface area contributed by atoms with Crippen LogP contribution in [0.3, 0.4) is 0 Å². The molecule has 1 unspecified atom stereocenters. The van der Waals surface area contributed by atoms with Crippen molar-refractivity contribution in [2.75, 3.05) is 38.1 Å². The molecule has 3 aromatic carbocycles. The van der Waals surface area contributed by atoms with E-state index in [1.54, 1.807) is 6.07 Å². The van der Waals surface area contributed by atoms with E-state index in [0.717, 1.165) is 55.6 Å². The maximum absolute atomic E-state index is 15.7. The summed E-state index contributed by atoms with van der Waals surface area (Å²) in [6.07, 6.45) is 0.128. The van der Waals surface area contributed by atoms with Crippen molar-refractivity contribution in [1.29, 1.82) is 0 Å². The Morgan fingerprint density at radius 3 is 2.02 bits per heavy atom. The van der Waals surface area contributed by atoms with Crippen molar-refractivity contribution in [2.45, 2.75) is 77.2 Å². The SMILES string of the molecule is CC(C)[Si](C#CCC(c1cc(F)ccc1F)N1Cc2c(F)cc(-c3ccc(N4CCN(C)CC4)cc3)cc2C1=O)(C(C)C)C(C)C. The molecule has 0 aromatic heterocycles. The minimum absolute atomic E-state index is 0.0357. The molecule has 8 heteroatoms. The number of fused-ring (bicyclic) bond motifs is 1.